The monoisotopic (exact) mass is 210 g/mol. The summed E-state index contributed by atoms with van der Waals surface area (Å²) in [4.78, 5) is 6.61. The summed E-state index contributed by atoms with van der Waals surface area (Å²) < 4.78 is 0. The smallest absolute Gasteiger partial charge is 0.208 e. The molecule has 3 N–H and O–H groups in total. The summed E-state index contributed by atoms with van der Waals surface area (Å²) in [6.45, 7) is 1.11. The van der Waals surface area contributed by atoms with E-state index in [0.29, 0.717) is 6.04 Å². The molecule has 2 fully saturated rings. The van der Waals surface area contributed by atoms with Crippen molar-refractivity contribution in [3.8, 4) is 0 Å². The Labute approximate surface area is 91.9 Å². The molecule has 2 rings (SSSR count). The van der Waals surface area contributed by atoms with Gasteiger partial charge in [0.05, 0.1) is 0 Å². The molecule has 1 saturated carbocycles. The average molecular weight is 210 g/mol. The Morgan fingerprint density at radius 3 is 2.73 bits per heavy atom. The minimum atomic E-state index is 0.683. The summed E-state index contributed by atoms with van der Waals surface area (Å²) in [6.07, 6.45) is 8.14. The normalized spacial score (nSPS) is 32.4. The zero-order valence-corrected chi connectivity index (χ0v) is 9.58. The van der Waals surface area contributed by atoms with Crippen molar-refractivity contribution in [2.24, 2.45) is 16.8 Å². The number of nitrogens with zero attached hydrogens (tertiary/aromatic N) is 2. The summed E-state index contributed by atoms with van der Waals surface area (Å²) in [5, 5.41) is 0. The molecular weight excluding hydrogens is 188 g/mol. The average Bonchev–Trinajstić information content (AvgIpc) is 2.31. The maximum atomic E-state index is 5.51. The SMILES string of the molecule is CN=C(NN)N1CCC[C@H]2CCCC[C@H]21. The Morgan fingerprint density at radius 1 is 1.27 bits per heavy atom. The number of piperidine rings is 1. The number of guanidine groups is 1. The van der Waals surface area contributed by atoms with Gasteiger partial charge in [-0.15, -0.1) is 0 Å². The van der Waals surface area contributed by atoms with Crippen molar-refractivity contribution >= 4 is 5.96 Å². The molecular formula is C11H22N4. The fourth-order valence-corrected chi connectivity index (χ4v) is 3.16. The van der Waals surface area contributed by atoms with Gasteiger partial charge < -0.3 is 4.90 Å². The van der Waals surface area contributed by atoms with Crippen LogP contribution in [0.15, 0.2) is 4.99 Å². The Morgan fingerprint density at radius 2 is 2.00 bits per heavy atom. The molecule has 1 aliphatic carbocycles. The van der Waals surface area contributed by atoms with E-state index in [1.165, 1.54) is 38.5 Å². The number of hydrogen-bond acceptors (Lipinski definition) is 2. The zero-order valence-electron chi connectivity index (χ0n) is 9.58. The molecule has 1 aliphatic heterocycles. The van der Waals surface area contributed by atoms with E-state index in [2.05, 4.69) is 15.3 Å². The van der Waals surface area contributed by atoms with Crippen LogP contribution in [-0.2, 0) is 0 Å². The molecule has 0 amide bonds. The van der Waals surface area contributed by atoms with Gasteiger partial charge in [-0.25, -0.2) is 5.84 Å². The van der Waals surface area contributed by atoms with Gasteiger partial charge in [0.1, 0.15) is 0 Å². The van der Waals surface area contributed by atoms with Crippen LogP contribution in [0, 0.1) is 5.92 Å². The molecule has 2 atom stereocenters. The number of fused-ring (bicyclic) bond motifs is 1. The second-order valence-electron chi connectivity index (χ2n) is 4.64. The molecule has 15 heavy (non-hydrogen) atoms. The quantitative estimate of drug-likeness (QED) is 0.272. The van der Waals surface area contributed by atoms with Gasteiger partial charge in [0.2, 0.25) is 5.96 Å². The molecule has 0 radical (unpaired) electrons. The van der Waals surface area contributed by atoms with Gasteiger partial charge in [-0.1, -0.05) is 12.8 Å². The molecule has 0 aromatic rings. The summed E-state index contributed by atoms with van der Waals surface area (Å²) in [5.74, 6) is 7.25. The highest BCUT2D eigenvalue weighted by Crippen LogP contribution is 2.35. The third-order valence-corrected chi connectivity index (χ3v) is 3.86. The van der Waals surface area contributed by atoms with E-state index in [9.17, 15) is 0 Å². The first kappa shape index (κ1) is 10.7. The first-order chi connectivity index (χ1) is 7.36. The van der Waals surface area contributed by atoms with E-state index < -0.39 is 0 Å². The largest absolute Gasteiger partial charge is 0.339 e. The number of hydrazine groups is 1. The highest BCUT2D eigenvalue weighted by Gasteiger charge is 2.34. The van der Waals surface area contributed by atoms with Gasteiger partial charge in [0.25, 0.3) is 0 Å². The Hall–Kier alpha value is -0.770. The number of hydrogen-bond donors (Lipinski definition) is 2. The van der Waals surface area contributed by atoms with Crippen molar-refractivity contribution in [2.45, 2.75) is 44.6 Å². The van der Waals surface area contributed by atoms with Gasteiger partial charge in [-0.05, 0) is 31.6 Å². The van der Waals surface area contributed by atoms with Crippen molar-refractivity contribution in [1.29, 1.82) is 0 Å². The maximum absolute atomic E-state index is 5.51. The highest BCUT2D eigenvalue weighted by atomic mass is 15.4. The molecule has 0 bridgehead atoms. The molecule has 0 spiro atoms. The predicted octanol–water partition coefficient (Wildman–Crippen LogP) is 1.09. The molecule has 4 heteroatoms. The van der Waals surface area contributed by atoms with E-state index in [1.54, 1.807) is 0 Å². The highest BCUT2D eigenvalue weighted by molar-refractivity contribution is 5.79. The molecule has 86 valence electrons. The van der Waals surface area contributed by atoms with E-state index >= 15 is 0 Å². The van der Waals surface area contributed by atoms with E-state index in [1.807, 2.05) is 7.05 Å². The first-order valence-corrected chi connectivity index (χ1v) is 6.07. The van der Waals surface area contributed by atoms with Gasteiger partial charge in [-0.3, -0.25) is 10.4 Å². The van der Waals surface area contributed by atoms with Crippen molar-refractivity contribution < 1.29 is 0 Å². The first-order valence-electron chi connectivity index (χ1n) is 6.07. The van der Waals surface area contributed by atoms with Crippen LogP contribution < -0.4 is 11.3 Å². The summed E-state index contributed by atoms with van der Waals surface area (Å²) >= 11 is 0. The molecule has 4 nitrogen and oxygen atoms in total. The van der Waals surface area contributed by atoms with Crippen LogP contribution in [0.25, 0.3) is 0 Å². The minimum absolute atomic E-state index is 0.683. The molecule has 0 aromatic carbocycles. The fourth-order valence-electron chi connectivity index (χ4n) is 3.16. The Balaban J connectivity index is 2.09. The number of aliphatic imine (C=N–C) groups is 1. The van der Waals surface area contributed by atoms with E-state index in [0.717, 1.165) is 18.4 Å². The number of nitrogens with one attached hydrogen (secondary N) is 1. The van der Waals surface area contributed by atoms with Crippen LogP contribution in [-0.4, -0.2) is 30.5 Å². The molecule has 1 heterocycles. The van der Waals surface area contributed by atoms with Crippen LogP contribution in [0.5, 0.6) is 0 Å². The minimum Gasteiger partial charge on any atom is -0.339 e. The van der Waals surface area contributed by atoms with Crippen LogP contribution in [0.1, 0.15) is 38.5 Å². The summed E-state index contributed by atoms with van der Waals surface area (Å²) in [5.41, 5.74) is 2.73. The fraction of sp³-hybridized carbons (Fsp3) is 0.909. The third-order valence-electron chi connectivity index (χ3n) is 3.86. The topological polar surface area (TPSA) is 53.6 Å². The van der Waals surface area contributed by atoms with Crippen LogP contribution in [0.2, 0.25) is 0 Å². The Bertz CT molecular complexity index is 237. The number of nitrogens with two attached hydrogens (primary N) is 1. The lowest BCUT2D eigenvalue weighted by Gasteiger charge is -2.45. The van der Waals surface area contributed by atoms with Gasteiger partial charge >= 0.3 is 0 Å². The number of rotatable bonds is 0. The van der Waals surface area contributed by atoms with E-state index in [-0.39, 0.29) is 0 Å². The third kappa shape index (κ3) is 2.09. The second-order valence-corrected chi connectivity index (χ2v) is 4.64. The van der Waals surface area contributed by atoms with Crippen LogP contribution in [0.3, 0.4) is 0 Å². The van der Waals surface area contributed by atoms with Crippen molar-refractivity contribution in [2.75, 3.05) is 13.6 Å². The lowest BCUT2D eigenvalue weighted by atomic mass is 9.78. The number of likely N-dealkylation sites (tertiary alicyclic amines) is 1. The lowest BCUT2D eigenvalue weighted by Crippen LogP contribution is -2.55. The van der Waals surface area contributed by atoms with Gasteiger partial charge in [0.15, 0.2) is 0 Å². The molecule has 0 aromatic heterocycles. The van der Waals surface area contributed by atoms with Gasteiger partial charge in [-0.2, -0.15) is 0 Å². The van der Waals surface area contributed by atoms with Crippen molar-refractivity contribution in [1.82, 2.24) is 10.3 Å². The Kier molecular flexibility index (Phi) is 3.46. The van der Waals surface area contributed by atoms with Crippen molar-refractivity contribution in [3.05, 3.63) is 0 Å². The molecule has 1 saturated heterocycles. The lowest BCUT2D eigenvalue weighted by molar-refractivity contribution is 0.116. The second kappa shape index (κ2) is 4.84. The van der Waals surface area contributed by atoms with Crippen LogP contribution in [0.4, 0.5) is 0 Å². The van der Waals surface area contributed by atoms with Crippen molar-refractivity contribution in [3.63, 3.8) is 0 Å². The standard InChI is InChI=1S/C11H22N4/c1-13-11(14-12)15-8-4-6-9-5-2-3-7-10(9)15/h9-10H,2-8,12H2,1H3,(H,13,14)/t9-,10-/m1/s1. The molecule has 0 unspecified atom stereocenters. The van der Waals surface area contributed by atoms with E-state index in [4.69, 9.17) is 5.84 Å². The van der Waals surface area contributed by atoms with Gasteiger partial charge in [0, 0.05) is 19.6 Å². The maximum Gasteiger partial charge on any atom is 0.208 e. The van der Waals surface area contributed by atoms with Crippen LogP contribution >= 0.6 is 0 Å². The zero-order chi connectivity index (χ0) is 10.7. The summed E-state index contributed by atoms with van der Waals surface area (Å²) in [7, 11) is 1.81. The predicted molar refractivity (Wildman–Crippen MR) is 62.4 cm³/mol. The summed E-state index contributed by atoms with van der Waals surface area (Å²) in [6, 6.07) is 0.683. The molecule has 2 aliphatic rings.